The average molecular weight is 343 g/mol. The molecule has 1 fully saturated rings. The molecule has 1 aliphatic carbocycles. The van der Waals surface area contributed by atoms with Crippen LogP contribution < -0.4 is 4.74 Å². The summed E-state index contributed by atoms with van der Waals surface area (Å²) >= 11 is 0. The van der Waals surface area contributed by atoms with E-state index in [-0.39, 0.29) is 18.3 Å². The number of ether oxygens (including phenoxy) is 1. The Morgan fingerprint density at radius 2 is 2.12 bits per heavy atom. The van der Waals surface area contributed by atoms with Crippen LogP contribution in [0.5, 0.6) is 5.88 Å². The molecule has 0 saturated heterocycles. The van der Waals surface area contributed by atoms with E-state index in [0.717, 1.165) is 24.0 Å². The fraction of sp³-hybridized carbons (Fsp3) is 0.400. The minimum absolute atomic E-state index is 0.122. The van der Waals surface area contributed by atoms with E-state index in [4.69, 9.17) is 9.84 Å². The van der Waals surface area contributed by atoms with Gasteiger partial charge in [0.2, 0.25) is 5.88 Å². The summed E-state index contributed by atoms with van der Waals surface area (Å²) < 4.78 is 20.3. The molecule has 132 valence electrons. The first-order valence-electron chi connectivity index (χ1n) is 8.76. The molecular formula is C20H22FNO3. The molecular weight excluding hydrogens is 321 g/mol. The van der Waals surface area contributed by atoms with Crippen molar-refractivity contribution in [1.82, 2.24) is 4.98 Å². The van der Waals surface area contributed by atoms with E-state index < -0.39 is 5.97 Å². The van der Waals surface area contributed by atoms with Crippen LogP contribution in [0.2, 0.25) is 0 Å². The van der Waals surface area contributed by atoms with Crippen molar-refractivity contribution in [3.05, 3.63) is 47.9 Å². The van der Waals surface area contributed by atoms with Crippen molar-refractivity contribution in [2.24, 2.45) is 0 Å². The van der Waals surface area contributed by atoms with Gasteiger partial charge in [0.1, 0.15) is 11.9 Å². The van der Waals surface area contributed by atoms with E-state index in [1.54, 1.807) is 12.3 Å². The fourth-order valence-corrected chi connectivity index (χ4v) is 2.86. The molecule has 1 heterocycles. The number of halogens is 1. The summed E-state index contributed by atoms with van der Waals surface area (Å²) in [5, 5.41) is 8.65. The lowest BCUT2D eigenvalue weighted by atomic mass is 9.96. The molecule has 0 atom stereocenters. The summed E-state index contributed by atoms with van der Waals surface area (Å²) in [6, 6.07) is 8.87. The second kappa shape index (κ2) is 8.10. The molecule has 25 heavy (non-hydrogen) atoms. The molecule has 4 nitrogen and oxygen atoms in total. The zero-order valence-electron chi connectivity index (χ0n) is 14.1. The zero-order valence-corrected chi connectivity index (χ0v) is 14.1. The van der Waals surface area contributed by atoms with Crippen LogP contribution >= 0.6 is 0 Å². The van der Waals surface area contributed by atoms with Crippen molar-refractivity contribution < 1.29 is 19.0 Å². The van der Waals surface area contributed by atoms with Crippen LogP contribution in [0.1, 0.15) is 44.1 Å². The number of aryl methyl sites for hydroxylation is 1. The topological polar surface area (TPSA) is 59.4 Å². The fourth-order valence-electron chi connectivity index (χ4n) is 2.86. The highest BCUT2D eigenvalue weighted by atomic mass is 19.1. The van der Waals surface area contributed by atoms with Gasteiger partial charge >= 0.3 is 5.97 Å². The quantitative estimate of drug-likeness (QED) is 0.711. The number of aliphatic carboxylic acids is 1. The van der Waals surface area contributed by atoms with Crippen molar-refractivity contribution >= 4 is 5.97 Å². The van der Waals surface area contributed by atoms with Crippen molar-refractivity contribution in [2.75, 3.05) is 0 Å². The minimum Gasteiger partial charge on any atom is -0.481 e. The smallest absolute Gasteiger partial charge is 0.303 e. The van der Waals surface area contributed by atoms with Gasteiger partial charge in [0.05, 0.1) is 0 Å². The monoisotopic (exact) mass is 343 g/mol. The number of pyridine rings is 1. The number of rotatable bonds is 8. The number of hydrogen-bond acceptors (Lipinski definition) is 3. The van der Waals surface area contributed by atoms with Gasteiger partial charge in [-0.1, -0.05) is 12.1 Å². The molecule has 1 aliphatic rings. The number of unbranched alkanes of at least 4 members (excludes halogenated alkanes) is 1. The number of carboxylic acid groups (broad SMARTS) is 1. The predicted molar refractivity (Wildman–Crippen MR) is 93.1 cm³/mol. The summed E-state index contributed by atoms with van der Waals surface area (Å²) in [5.74, 6) is -0.529. The SMILES string of the molecule is O=C(O)CCCCc1ccc(-c2cccnc2OC2CCC2)cc1F. The first kappa shape index (κ1) is 17.4. The molecule has 2 aromatic rings. The molecule has 3 rings (SSSR count). The van der Waals surface area contributed by atoms with Gasteiger partial charge in [0, 0.05) is 18.2 Å². The highest BCUT2D eigenvalue weighted by molar-refractivity contribution is 5.69. The number of carboxylic acids is 1. The third-order valence-electron chi connectivity index (χ3n) is 4.55. The van der Waals surface area contributed by atoms with E-state index in [0.29, 0.717) is 30.7 Å². The van der Waals surface area contributed by atoms with E-state index >= 15 is 0 Å². The lowest BCUT2D eigenvalue weighted by Gasteiger charge is -2.26. The Morgan fingerprint density at radius 3 is 2.80 bits per heavy atom. The van der Waals surface area contributed by atoms with Crippen LogP contribution in [-0.4, -0.2) is 22.2 Å². The maximum atomic E-state index is 14.4. The number of carbonyl (C=O) groups is 1. The van der Waals surface area contributed by atoms with E-state index in [1.165, 1.54) is 12.5 Å². The Bertz CT molecular complexity index is 743. The van der Waals surface area contributed by atoms with Gasteiger partial charge in [0.25, 0.3) is 0 Å². The Hall–Kier alpha value is -2.43. The first-order chi connectivity index (χ1) is 12.1. The Labute approximate surface area is 146 Å². The van der Waals surface area contributed by atoms with Crippen LogP contribution in [-0.2, 0) is 11.2 Å². The molecule has 1 aromatic carbocycles. The second-order valence-electron chi connectivity index (χ2n) is 6.43. The Morgan fingerprint density at radius 1 is 1.28 bits per heavy atom. The second-order valence-corrected chi connectivity index (χ2v) is 6.43. The third kappa shape index (κ3) is 4.56. The Balaban J connectivity index is 1.71. The molecule has 1 saturated carbocycles. The highest BCUT2D eigenvalue weighted by Gasteiger charge is 2.21. The van der Waals surface area contributed by atoms with Crippen LogP contribution in [0.3, 0.4) is 0 Å². The van der Waals surface area contributed by atoms with Gasteiger partial charge in [-0.2, -0.15) is 0 Å². The van der Waals surface area contributed by atoms with Gasteiger partial charge < -0.3 is 9.84 Å². The van der Waals surface area contributed by atoms with Crippen molar-refractivity contribution in [3.63, 3.8) is 0 Å². The van der Waals surface area contributed by atoms with Gasteiger partial charge in [-0.15, -0.1) is 0 Å². The maximum absolute atomic E-state index is 14.4. The van der Waals surface area contributed by atoms with Gasteiger partial charge in [-0.05, 0) is 67.9 Å². The van der Waals surface area contributed by atoms with Crippen molar-refractivity contribution in [2.45, 2.75) is 51.0 Å². The number of benzene rings is 1. The normalized spacial score (nSPS) is 14.1. The molecule has 0 amide bonds. The van der Waals surface area contributed by atoms with Crippen molar-refractivity contribution in [3.8, 4) is 17.0 Å². The van der Waals surface area contributed by atoms with E-state index in [9.17, 15) is 9.18 Å². The lowest BCUT2D eigenvalue weighted by Crippen LogP contribution is -2.25. The summed E-state index contributed by atoms with van der Waals surface area (Å²) in [6.45, 7) is 0. The molecule has 0 spiro atoms. The molecule has 0 unspecified atom stereocenters. The van der Waals surface area contributed by atoms with Crippen LogP contribution in [0, 0.1) is 5.82 Å². The molecule has 0 radical (unpaired) electrons. The van der Waals surface area contributed by atoms with Crippen LogP contribution in [0.15, 0.2) is 36.5 Å². The summed E-state index contributed by atoms with van der Waals surface area (Å²) in [6.07, 6.45) is 7.04. The van der Waals surface area contributed by atoms with E-state index in [2.05, 4.69) is 4.98 Å². The van der Waals surface area contributed by atoms with Crippen LogP contribution in [0.25, 0.3) is 11.1 Å². The number of nitrogens with zero attached hydrogens (tertiary/aromatic N) is 1. The number of aromatic nitrogens is 1. The molecule has 1 aromatic heterocycles. The van der Waals surface area contributed by atoms with Gasteiger partial charge in [0.15, 0.2) is 0 Å². The lowest BCUT2D eigenvalue weighted by molar-refractivity contribution is -0.137. The largest absolute Gasteiger partial charge is 0.481 e. The van der Waals surface area contributed by atoms with E-state index in [1.807, 2.05) is 18.2 Å². The number of hydrogen-bond donors (Lipinski definition) is 1. The van der Waals surface area contributed by atoms with Gasteiger partial charge in [-0.25, -0.2) is 9.37 Å². The molecule has 0 bridgehead atoms. The summed E-state index contributed by atoms with van der Waals surface area (Å²) in [4.78, 5) is 14.8. The van der Waals surface area contributed by atoms with Gasteiger partial charge in [-0.3, -0.25) is 4.79 Å². The molecule has 5 heteroatoms. The summed E-state index contributed by atoms with van der Waals surface area (Å²) in [5.41, 5.74) is 2.15. The molecule has 1 N–H and O–H groups in total. The zero-order chi connectivity index (χ0) is 17.6. The maximum Gasteiger partial charge on any atom is 0.303 e. The third-order valence-corrected chi connectivity index (χ3v) is 4.55. The first-order valence-corrected chi connectivity index (χ1v) is 8.76. The Kier molecular flexibility index (Phi) is 5.64. The van der Waals surface area contributed by atoms with Crippen molar-refractivity contribution in [1.29, 1.82) is 0 Å². The predicted octanol–water partition coefficient (Wildman–Crippen LogP) is 4.62. The van der Waals surface area contributed by atoms with Crippen LogP contribution in [0.4, 0.5) is 4.39 Å². The standard InChI is InChI=1S/C20H22FNO3/c21-18-13-15(11-10-14(18)5-1-2-9-19(23)24)17-8-4-12-22-20(17)25-16-6-3-7-16/h4,8,10-13,16H,1-3,5-7,9H2,(H,23,24). The summed E-state index contributed by atoms with van der Waals surface area (Å²) in [7, 11) is 0. The average Bonchev–Trinajstić information content (AvgIpc) is 2.56. The molecule has 0 aliphatic heterocycles. The minimum atomic E-state index is -0.814. The highest BCUT2D eigenvalue weighted by Crippen LogP contribution is 2.32.